The molecule has 4 unspecified atom stereocenters. The van der Waals surface area contributed by atoms with Crippen molar-refractivity contribution in [1.29, 1.82) is 0 Å². The van der Waals surface area contributed by atoms with Crippen molar-refractivity contribution in [1.82, 2.24) is 0 Å². The Morgan fingerprint density at radius 1 is 1.33 bits per heavy atom. The molecule has 0 aromatic carbocycles. The van der Waals surface area contributed by atoms with Gasteiger partial charge in [-0.15, -0.1) is 0 Å². The third-order valence-corrected chi connectivity index (χ3v) is 3.95. The number of aliphatic hydroxyl groups is 1. The number of aliphatic hydroxyl groups excluding tert-OH is 1. The maximum absolute atomic E-state index is 10.2. The second kappa shape index (κ2) is 6.52. The third-order valence-electron chi connectivity index (χ3n) is 3.95. The minimum absolute atomic E-state index is 0.0331. The summed E-state index contributed by atoms with van der Waals surface area (Å²) in [7, 11) is 0. The summed E-state index contributed by atoms with van der Waals surface area (Å²) in [6.07, 6.45) is 8.69. The summed E-state index contributed by atoms with van der Waals surface area (Å²) in [4.78, 5) is 0. The van der Waals surface area contributed by atoms with Gasteiger partial charge in [0.15, 0.2) is 0 Å². The van der Waals surface area contributed by atoms with E-state index in [0.717, 1.165) is 12.3 Å². The van der Waals surface area contributed by atoms with E-state index in [1.165, 1.54) is 38.5 Å². The topological polar surface area (TPSA) is 20.2 Å². The first-order valence-electron chi connectivity index (χ1n) is 6.81. The highest BCUT2D eigenvalue weighted by molar-refractivity contribution is 4.77. The van der Waals surface area contributed by atoms with Crippen molar-refractivity contribution >= 4 is 0 Å². The molecule has 1 aliphatic carbocycles. The lowest BCUT2D eigenvalue weighted by atomic mass is 9.77. The average Bonchev–Trinajstić information content (AvgIpc) is 2.18. The van der Waals surface area contributed by atoms with Crippen LogP contribution in [0.3, 0.4) is 0 Å². The Labute approximate surface area is 95.3 Å². The van der Waals surface area contributed by atoms with Gasteiger partial charge in [-0.3, -0.25) is 0 Å². The minimum atomic E-state index is -0.0331. The fourth-order valence-corrected chi connectivity index (χ4v) is 3.05. The van der Waals surface area contributed by atoms with Crippen LogP contribution in [0.2, 0.25) is 0 Å². The van der Waals surface area contributed by atoms with E-state index < -0.39 is 0 Å². The molecule has 1 heteroatoms. The Balaban J connectivity index is 2.28. The molecule has 0 aliphatic heterocycles. The van der Waals surface area contributed by atoms with Gasteiger partial charge in [0.1, 0.15) is 0 Å². The summed E-state index contributed by atoms with van der Waals surface area (Å²) >= 11 is 0. The highest BCUT2D eigenvalue weighted by Gasteiger charge is 2.25. The summed E-state index contributed by atoms with van der Waals surface area (Å²) in [6, 6.07) is 0. The second-order valence-electron chi connectivity index (χ2n) is 5.73. The van der Waals surface area contributed by atoms with Crippen LogP contribution in [0.1, 0.15) is 65.7 Å². The van der Waals surface area contributed by atoms with Gasteiger partial charge in [-0.2, -0.15) is 0 Å². The molecule has 0 radical (unpaired) electrons. The van der Waals surface area contributed by atoms with Gasteiger partial charge in [0.05, 0.1) is 6.10 Å². The summed E-state index contributed by atoms with van der Waals surface area (Å²) < 4.78 is 0. The van der Waals surface area contributed by atoms with E-state index in [1.807, 2.05) is 0 Å². The Morgan fingerprint density at radius 3 is 2.67 bits per heavy atom. The molecule has 1 rings (SSSR count). The molecule has 90 valence electrons. The first-order valence-corrected chi connectivity index (χ1v) is 6.81. The molecule has 1 aliphatic rings. The van der Waals surface area contributed by atoms with Crippen molar-refractivity contribution in [2.45, 2.75) is 71.8 Å². The van der Waals surface area contributed by atoms with Crippen molar-refractivity contribution in [3.05, 3.63) is 0 Å². The molecule has 1 N–H and O–H groups in total. The zero-order chi connectivity index (χ0) is 11.3. The SMILES string of the molecule is CCCC(C)CC(O)C1CCCC(C)C1. The maximum atomic E-state index is 10.2. The van der Waals surface area contributed by atoms with Crippen LogP contribution in [0.4, 0.5) is 0 Å². The van der Waals surface area contributed by atoms with Gasteiger partial charge >= 0.3 is 0 Å². The van der Waals surface area contributed by atoms with Gasteiger partial charge in [-0.05, 0) is 37.0 Å². The molecular weight excluding hydrogens is 184 g/mol. The lowest BCUT2D eigenvalue weighted by molar-refractivity contribution is 0.0522. The van der Waals surface area contributed by atoms with Crippen LogP contribution < -0.4 is 0 Å². The highest BCUT2D eigenvalue weighted by atomic mass is 16.3. The lowest BCUT2D eigenvalue weighted by Crippen LogP contribution is -2.27. The Morgan fingerprint density at radius 2 is 2.07 bits per heavy atom. The number of rotatable bonds is 5. The summed E-state index contributed by atoms with van der Waals surface area (Å²) in [5.41, 5.74) is 0. The molecule has 0 heterocycles. The first kappa shape index (κ1) is 13.0. The standard InChI is InChI=1S/C14H28O/c1-4-6-11(2)10-14(15)13-8-5-7-12(3)9-13/h11-15H,4-10H2,1-3H3. The molecular formula is C14H28O. The predicted octanol–water partition coefficient (Wildman–Crippen LogP) is 4.00. The molecule has 15 heavy (non-hydrogen) atoms. The van der Waals surface area contributed by atoms with Crippen LogP contribution in [0.25, 0.3) is 0 Å². The smallest absolute Gasteiger partial charge is 0.0571 e. The molecule has 0 bridgehead atoms. The quantitative estimate of drug-likeness (QED) is 0.730. The summed E-state index contributed by atoms with van der Waals surface area (Å²) in [5, 5.41) is 10.2. The van der Waals surface area contributed by atoms with Crippen LogP contribution in [0, 0.1) is 17.8 Å². The van der Waals surface area contributed by atoms with Gasteiger partial charge in [-0.1, -0.05) is 46.5 Å². The van der Waals surface area contributed by atoms with Crippen LogP contribution in [0.15, 0.2) is 0 Å². The van der Waals surface area contributed by atoms with E-state index in [9.17, 15) is 5.11 Å². The van der Waals surface area contributed by atoms with Crippen LogP contribution in [-0.2, 0) is 0 Å². The van der Waals surface area contributed by atoms with E-state index in [0.29, 0.717) is 11.8 Å². The number of hydrogen-bond acceptors (Lipinski definition) is 1. The number of hydrogen-bond donors (Lipinski definition) is 1. The largest absolute Gasteiger partial charge is 0.393 e. The molecule has 1 saturated carbocycles. The molecule has 0 saturated heterocycles. The van der Waals surface area contributed by atoms with E-state index in [1.54, 1.807) is 0 Å². The van der Waals surface area contributed by atoms with E-state index >= 15 is 0 Å². The summed E-state index contributed by atoms with van der Waals surface area (Å²) in [6.45, 7) is 6.83. The van der Waals surface area contributed by atoms with E-state index in [2.05, 4.69) is 20.8 Å². The third kappa shape index (κ3) is 4.55. The Bertz CT molecular complexity index is 167. The second-order valence-corrected chi connectivity index (χ2v) is 5.73. The molecule has 4 atom stereocenters. The van der Waals surface area contributed by atoms with Gasteiger partial charge in [-0.25, -0.2) is 0 Å². The van der Waals surface area contributed by atoms with E-state index in [4.69, 9.17) is 0 Å². The fourth-order valence-electron chi connectivity index (χ4n) is 3.05. The highest BCUT2D eigenvalue weighted by Crippen LogP contribution is 2.33. The normalized spacial score (nSPS) is 31.2. The molecule has 0 aromatic rings. The van der Waals surface area contributed by atoms with Crippen molar-refractivity contribution < 1.29 is 5.11 Å². The molecule has 1 fully saturated rings. The zero-order valence-corrected chi connectivity index (χ0v) is 10.7. The van der Waals surface area contributed by atoms with Crippen LogP contribution >= 0.6 is 0 Å². The lowest BCUT2D eigenvalue weighted by Gasteiger charge is -2.31. The van der Waals surface area contributed by atoms with Crippen molar-refractivity contribution in [2.24, 2.45) is 17.8 Å². The average molecular weight is 212 g/mol. The minimum Gasteiger partial charge on any atom is -0.393 e. The first-order chi connectivity index (χ1) is 7.13. The fraction of sp³-hybridized carbons (Fsp3) is 1.00. The Hall–Kier alpha value is -0.0400. The van der Waals surface area contributed by atoms with Crippen LogP contribution in [-0.4, -0.2) is 11.2 Å². The van der Waals surface area contributed by atoms with Gasteiger partial charge in [0.25, 0.3) is 0 Å². The van der Waals surface area contributed by atoms with Crippen molar-refractivity contribution in [2.75, 3.05) is 0 Å². The molecule has 0 amide bonds. The molecule has 0 aromatic heterocycles. The van der Waals surface area contributed by atoms with Crippen molar-refractivity contribution in [3.8, 4) is 0 Å². The van der Waals surface area contributed by atoms with E-state index in [-0.39, 0.29) is 6.10 Å². The predicted molar refractivity (Wildman–Crippen MR) is 65.8 cm³/mol. The molecule has 0 spiro atoms. The maximum Gasteiger partial charge on any atom is 0.0571 e. The van der Waals surface area contributed by atoms with Gasteiger partial charge in [0, 0.05) is 0 Å². The van der Waals surface area contributed by atoms with Gasteiger partial charge < -0.3 is 5.11 Å². The van der Waals surface area contributed by atoms with Crippen molar-refractivity contribution in [3.63, 3.8) is 0 Å². The van der Waals surface area contributed by atoms with Crippen LogP contribution in [0.5, 0.6) is 0 Å². The summed E-state index contributed by atoms with van der Waals surface area (Å²) in [5.74, 6) is 2.12. The monoisotopic (exact) mass is 212 g/mol. The zero-order valence-electron chi connectivity index (χ0n) is 10.7. The molecule has 1 nitrogen and oxygen atoms in total. The van der Waals surface area contributed by atoms with Gasteiger partial charge in [0.2, 0.25) is 0 Å². The Kier molecular flexibility index (Phi) is 5.66.